The molecule has 2 heteroatoms. The Labute approximate surface area is 319 Å². The smallest absolute Gasteiger partial charge is 0.0639 e. The first-order chi connectivity index (χ1) is 24.5. The summed E-state index contributed by atoms with van der Waals surface area (Å²) in [5, 5.41) is 18.8. The van der Waals surface area contributed by atoms with Gasteiger partial charge in [0.25, 0.3) is 0 Å². The third-order valence-electron chi connectivity index (χ3n) is 11.5. The second-order valence-electron chi connectivity index (χ2n) is 16.7. The molecule has 0 saturated heterocycles. The molecule has 2 rings (SSSR count). The third kappa shape index (κ3) is 14.5. The van der Waals surface area contributed by atoms with E-state index in [-0.39, 0.29) is 24.0 Å². The summed E-state index contributed by atoms with van der Waals surface area (Å²) < 4.78 is 0. The zero-order valence-electron chi connectivity index (χ0n) is 34.7. The van der Waals surface area contributed by atoms with Gasteiger partial charge < -0.3 is 10.2 Å². The van der Waals surface area contributed by atoms with Crippen LogP contribution in [0.1, 0.15) is 108 Å². The summed E-state index contributed by atoms with van der Waals surface area (Å²) in [6.45, 7) is 29.1. The van der Waals surface area contributed by atoms with E-state index in [4.69, 9.17) is 0 Å². The zero-order chi connectivity index (χ0) is 38.9. The molecule has 52 heavy (non-hydrogen) atoms. The van der Waals surface area contributed by atoms with Crippen LogP contribution in [0.5, 0.6) is 0 Å². The van der Waals surface area contributed by atoms with Crippen LogP contribution < -0.4 is 0 Å². The van der Waals surface area contributed by atoms with Crippen molar-refractivity contribution < 1.29 is 10.2 Å². The Bertz CT molecular complexity index is 1560. The van der Waals surface area contributed by atoms with Crippen LogP contribution >= 0.6 is 0 Å². The molecular formula is C50H72O2. The lowest BCUT2D eigenvalue weighted by molar-refractivity contribution is 0.127. The van der Waals surface area contributed by atoms with Crippen molar-refractivity contribution in [3.05, 3.63) is 154 Å². The van der Waals surface area contributed by atoms with Gasteiger partial charge in [-0.05, 0) is 103 Å². The Kier molecular flexibility index (Phi) is 18.8. The first-order valence-corrected chi connectivity index (χ1v) is 19.5. The van der Waals surface area contributed by atoms with Gasteiger partial charge in [-0.15, -0.1) is 0 Å². The van der Waals surface area contributed by atoms with Crippen molar-refractivity contribution >= 4 is 0 Å². The average Bonchev–Trinajstić information content (AvgIpc) is 3.08. The molecule has 1 saturated carbocycles. The van der Waals surface area contributed by atoms with Crippen LogP contribution in [0.15, 0.2) is 154 Å². The van der Waals surface area contributed by atoms with Crippen LogP contribution in [0.25, 0.3) is 0 Å². The van der Waals surface area contributed by atoms with Gasteiger partial charge in [0.05, 0.1) is 13.2 Å². The van der Waals surface area contributed by atoms with Crippen LogP contribution in [-0.2, 0) is 0 Å². The minimum absolute atomic E-state index is 0.128. The first-order valence-electron chi connectivity index (χ1n) is 19.5. The highest BCUT2D eigenvalue weighted by atomic mass is 16.3. The SMILES string of the molecule is C=C1CCC(C/C=C(\C)CO)C(C)(C)C1/C=C/C(C)=C/C=C/C(C)=C/C=C/C=C(C)/C=C/C=C(C)/C=C/C1C(C)=CCC(C/C=C(\C)CO)C1(C)C. The van der Waals surface area contributed by atoms with E-state index >= 15 is 0 Å². The minimum atomic E-state index is 0.128. The number of allylic oxidation sites excluding steroid dienone is 23. The van der Waals surface area contributed by atoms with Crippen molar-refractivity contribution in [2.45, 2.75) is 108 Å². The molecular weight excluding hydrogens is 633 g/mol. The number of aliphatic hydroxyl groups is 2. The summed E-state index contributed by atoms with van der Waals surface area (Å²) in [7, 11) is 0. The molecule has 2 N–H and O–H groups in total. The molecule has 0 amide bonds. The van der Waals surface area contributed by atoms with Crippen LogP contribution in [0.4, 0.5) is 0 Å². The highest BCUT2D eigenvalue weighted by Crippen LogP contribution is 2.50. The van der Waals surface area contributed by atoms with Crippen molar-refractivity contribution in [3.63, 3.8) is 0 Å². The quantitative estimate of drug-likeness (QED) is 0.124. The predicted molar refractivity (Wildman–Crippen MR) is 230 cm³/mol. The third-order valence-corrected chi connectivity index (χ3v) is 11.5. The molecule has 1 fully saturated rings. The van der Waals surface area contributed by atoms with E-state index < -0.39 is 0 Å². The Hall–Kier alpha value is -3.46. The van der Waals surface area contributed by atoms with Crippen LogP contribution in [-0.4, -0.2) is 23.4 Å². The molecule has 0 aromatic heterocycles. The van der Waals surface area contributed by atoms with Gasteiger partial charge in [-0.3, -0.25) is 0 Å². The molecule has 2 nitrogen and oxygen atoms in total. The monoisotopic (exact) mass is 705 g/mol. The summed E-state index contributed by atoms with van der Waals surface area (Å²) >= 11 is 0. The number of hydrogen-bond acceptors (Lipinski definition) is 2. The average molecular weight is 705 g/mol. The second-order valence-corrected chi connectivity index (χ2v) is 16.7. The van der Waals surface area contributed by atoms with Gasteiger partial charge in [0.2, 0.25) is 0 Å². The summed E-state index contributed by atoms with van der Waals surface area (Å²) in [6.07, 6.45) is 42.8. The van der Waals surface area contributed by atoms with Gasteiger partial charge in [0.15, 0.2) is 0 Å². The fourth-order valence-corrected chi connectivity index (χ4v) is 7.52. The molecule has 0 radical (unpaired) electrons. The molecule has 0 bridgehead atoms. The second kappa shape index (κ2) is 21.9. The van der Waals surface area contributed by atoms with Gasteiger partial charge in [-0.25, -0.2) is 0 Å². The largest absolute Gasteiger partial charge is 0.392 e. The van der Waals surface area contributed by atoms with Crippen molar-refractivity contribution in [1.29, 1.82) is 0 Å². The first kappa shape index (κ1) is 44.7. The van der Waals surface area contributed by atoms with E-state index in [1.807, 2.05) is 13.8 Å². The summed E-state index contributed by atoms with van der Waals surface area (Å²) in [4.78, 5) is 0. The van der Waals surface area contributed by atoms with E-state index in [9.17, 15) is 10.2 Å². The van der Waals surface area contributed by atoms with Gasteiger partial charge in [0.1, 0.15) is 0 Å². The maximum atomic E-state index is 9.41. The predicted octanol–water partition coefficient (Wildman–Crippen LogP) is 13.4. The Balaban J connectivity index is 1.94. The lowest BCUT2D eigenvalue weighted by Gasteiger charge is -2.45. The van der Waals surface area contributed by atoms with E-state index in [2.05, 4.69) is 172 Å². The molecule has 4 atom stereocenters. The van der Waals surface area contributed by atoms with Crippen LogP contribution in [0.3, 0.4) is 0 Å². The summed E-state index contributed by atoms with van der Waals surface area (Å²) in [5.41, 5.74) is 10.0. The highest BCUT2D eigenvalue weighted by molar-refractivity contribution is 5.33. The topological polar surface area (TPSA) is 40.5 Å². The van der Waals surface area contributed by atoms with Gasteiger partial charge in [-0.1, -0.05) is 182 Å². The molecule has 0 spiro atoms. The van der Waals surface area contributed by atoms with Crippen molar-refractivity contribution in [2.75, 3.05) is 13.2 Å². The summed E-state index contributed by atoms with van der Waals surface area (Å²) in [5.74, 6) is 1.89. The maximum absolute atomic E-state index is 9.41. The van der Waals surface area contributed by atoms with E-state index in [0.717, 1.165) is 43.3 Å². The van der Waals surface area contributed by atoms with Crippen molar-refractivity contribution in [1.82, 2.24) is 0 Å². The zero-order valence-corrected chi connectivity index (χ0v) is 34.7. The molecule has 0 aromatic carbocycles. The van der Waals surface area contributed by atoms with Gasteiger partial charge in [-0.2, -0.15) is 0 Å². The molecule has 2 aliphatic carbocycles. The minimum Gasteiger partial charge on any atom is -0.392 e. The van der Waals surface area contributed by atoms with Crippen molar-refractivity contribution in [3.8, 4) is 0 Å². The van der Waals surface area contributed by atoms with E-state index in [0.29, 0.717) is 23.7 Å². The molecule has 284 valence electrons. The van der Waals surface area contributed by atoms with Crippen molar-refractivity contribution in [2.24, 2.45) is 34.5 Å². The molecule has 0 aliphatic heterocycles. The molecule has 0 aromatic rings. The van der Waals surface area contributed by atoms with Gasteiger partial charge >= 0.3 is 0 Å². The standard InChI is InChI=1S/C50H72O2/c1-37(19-15-21-39(3)25-33-47-43(7)27-31-45(49(47,9)10)29-23-41(5)35-51)17-13-14-18-38(2)20-16-22-40(4)26-34-48-44(8)28-32-46(50(48,11)12)30-24-42(6)36-52/h13-26,28,33-34,45-48,51-52H,7,27,29-32,35-36H2,1-6,8-12H3/b14-13+,19-15+,20-16+,33-25+,34-26+,37-17+,38-18+,39-21+,40-22+,41-23+,42-24+. The Morgan fingerprint density at radius 1 is 0.654 bits per heavy atom. The number of aliphatic hydroxyl groups excluding tert-OH is 2. The molecule has 2 aliphatic rings. The molecule has 0 heterocycles. The van der Waals surface area contributed by atoms with Gasteiger partial charge in [0, 0.05) is 11.8 Å². The maximum Gasteiger partial charge on any atom is 0.0639 e. The lowest BCUT2D eigenvalue weighted by Crippen LogP contribution is -2.36. The van der Waals surface area contributed by atoms with Crippen LogP contribution in [0, 0.1) is 34.5 Å². The molecule has 4 unspecified atom stereocenters. The van der Waals surface area contributed by atoms with Crippen LogP contribution in [0.2, 0.25) is 0 Å². The highest BCUT2D eigenvalue weighted by Gasteiger charge is 2.40. The Morgan fingerprint density at radius 2 is 1.08 bits per heavy atom. The lowest BCUT2D eigenvalue weighted by atomic mass is 9.59. The normalized spacial score (nSPS) is 25.9. The number of rotatable bonds is 16. The summed E-state index contributed by atoms with van der Waals surface area (Å²) in [6, 6.07) is 0. The fourth-order valence-electron chi connectivity index (χ4n) is 7.52. The van der Waals surface area contributed by atoms with E-state index in [1.165, 1.54) is 33.4 Å². The number of hydrogen-bond donors (Lipinski definition) is 2. The Morgan fingerprint density at radius 3 is 1.58 bits per heavy atom. The van der Waals surface area contributed by atoms with E-state index in [1.54, 1.807) is 0 Å². The fraction of sp³-hybridized carbons (Fsp3) is 0.480.